The van der Waals surface area contributed by atoms with Crippen molar-refractivity contribution in [3.63, 3.8) is 0 Å². The maximum absolute atomic E-state index is 11.9. The molecule has 1 unspecified atom stereocenters. The molecule has 7 heteroatoms. The van der Waals surface area contributed by atoms with Gasteiger partial charge < -0.3 is 4.90 Å². The molecule has 0 bridgehead atoms. The third-order valence-electron chi connectivity index (χ3n) is 2.49. The van der Waals surface area contributed by atoms with Crippen LogP contribution in [0, 0.1) is 0 Å². The Morgan fingerprint density at radius 1 is 1.56 bits per heavy atom. The first kappa shape index (κ1) is 12.3. The van der Waals surface area contributed by atoms with Crippen molar-refractivity contribution < 1.29 is 4.79 Å². The van der Waals surface area contributed by atoms with Gasteiger partial charge in [-0.25, -0.2) is 0 Å². The van der Waals surface area contributed by atoms with Crippen molar-refractivity contribution in [2.75, 3.05) is 27.2 Å². The third-order valence-corrected chi connectivity index (χ3v) is 2.49. The van der Waals surface area contributed by atoms with Crippen molar-refractivity contribution in [1.82, 2.24) is 9.80 Å². The number of hydrogen-bond acceptors (Lipinski definition) is 3. The zero-order chi connectivity index (χ0) is 12.1. The average molecular weight is 224 g/mol. The minimum atomic E-state index is -0.623. The minimum Gasteiger partial charge on any atom is -0.346 e. The van der Waals surface area contributed by atoms with Gasteiger partial charge in [0.1, 0.15) is 6.04 Å². The van der Waals surface area contributed by atoms with E-state index in [1.807, 2.05) is 18.9 Å². The fourth-order valence-corrected chi connectivity index (χ4v) is 1.66. The number of hydrogen-bond donors (Lipinski definition) is 0. The Hall–Kier alpha value is -1.75. The number of carbonyl (C=O) groups excluding carboxylic acids is 1. The Bertz CT molecular complexity index is 346. The summed E-state index contributed by atoms with van der Waals surface area (Å²) in [4.78, 5) is 22.2. The van der Waals surface area contributed by atoms with Crippen LogP contribution in [0.3, 0.4) is 0 Å². The van der Waals surface area contributed by atoms with Gasteiger partial charge in [-0.15, -0.1) is 0 Å². The lowest BCUT2D eigenvalue weighted by molar-refractivity contribution is -0.127. The number of likely N-dealkylation sites (N-methyl/N-ethyl adjacent to an activating group) is 1. The molecule has 16 heavy (non-hydrogen) atoms. The van der Waals surface area contributed by atoms with Gasteiger partial charge in [-0.05, 0) is 18.9 Å². The standard InChI is InChI=1S/C9H16N6O/c1-4-11-9-14(2)6-5-7(12-13-10)8(16)15(9)3/h7H,4-6H2,1-3H3. The molecule has 1 atom stereocenters. The van der Waals surface area contributed by atoms with Crippen LogP contribution in [-0.4, -0.2) is 54.9 Å². The summed E-state index contributed by atoms with van der Waals surface area (Å²) in [5, 5.41) is 3.51. The number of rotatable bonds is 2. The van der Waals surface area contributed by atoms with E-state index in [1.54, 1.807) is 7.05 Å². The van der Waals surface area contributed by atoms with Gasteiger partial charge in [0, 0.05) is 32.1 Å². The van der Waals surface area contributed by atoms with Gasteiger partial charge in [0.05, 0.1) is 0 Å². The molecule has 0 spiro atoms. The van der Waals surface area contributed by atoms with Crippen molar-refractivity contribution in [1.29, 1.82) is 0 Å². The van der Waals surface area contributed by atoms with Crippen LogP contribution in [0.25, 0.3) is 10.4 Å². The summed E-state index contributed by atoms with van der Waals surface area (Å²) in [6.07, 6.45) is 0.520. The van der Waals surface area contributed by atoms with Crippen molar-refractivity contribution in [3.05, 3.63) is 10.4 Å². The molecule has 0 N–H and O–H groups in total. The fraction of sp³-hybridized carbons (Fsp3) is 0.778. The van der Waals surface area contributed by atoms with E-state index >= 15 is 0 Å². The summed E-state index contributed by atoms with van der Waals surface area (Å²) in [6, 6.07) is -0.623. The smallest absolute Gasteiger partial charge is 0.238 e. The Labute approximate surface area is 94.4 Å². The topological polar surface area (TPSA) is 84.7 Å². The molecule has 1 heterocycles. The first-order valence-electron chi connectivity index (χ1n) is 5.19. The van der Waals surface area contributed by atoms with E-state index in [0.717, 1.165) is 0 Å². The third kappa shape index (κ3) is 2.43. The largest absolute Gasteiger partial charge is 0.346 e. The predicted molar refractivity (Wildman–Crippen MR) is 60.9 cm³/mol. The first-order chi connectivity index (χ1) is 7.61. The van der Waals surface area contributed by atoms with Crippen LogP contribution in [0.1, 0.15) is 13.3 Å². The second-order valence-corrected chi connectivity index (χ2v) is 3.60. The van der Waals surface area contributed by atoms with Gasteiger partial charge in [0.15, 0.2) is 0 Å². The molecule has 0 aromatic heterocycles. The Balaban J connectivity index is 2.99. The summed E-state index contributed by atoms with van der Waals surface area (Å²) < 4.78 is 0. The Kier molecular flexibility index (Phi) is 4.13. The summed E-state index contributed by atoms with van der Waals surface area (Å²) in [7, 11) is 3.52. The lowest BCUT2D eigenvalue weighted by atomic mass is 10.2. The Morgan fingerprint density at radius 3 is 2.81 bits per heavy atom. The maximum Gasteiger partial charge on any atom is 0.238 e. The number of nitrogens with zero attached hydrogens (tertiary/aromatic N) is 6. The number of azide groups is 1. The monoisotopic (exact) mass is 224 g/mol. The van der Waals surface area contributed by atoms with Crippen LogP contribution < -0.4 is 0 Å². The summed E-state index contributed by atoms with van der Waals surface area (Å²) in [5.41, 5.74) is 8.39. The summed E-state index contributed by atoms with van der Waals surface area (Å²) in [5.74, 6) is 0.428. The molecular weight excluding hydrogens is 208 g/mol. The molecule has 88 valence electrons. The van der Waals surface area contributed by atoms with E-state index in [-0.39, 0.29) is 5.91 Å². The van der Waals surface area contributed by atoms with E-state index in [0.29, 0.717) is 25.5 Å². The number of aliphatic imine (C=N–C) groups is 1. The molecule has 0 saturated carbocycles. The highest BCUT2D eigenvalue weighted by atomic mass is 16.2. The van der Waals surface area contributed by atoms with Crippen LogP contribution in [-0.2, 0) is 4.79 Å². The SMILES string of the molecule is CCN=C1N(C)CCC(N=[N+]=[N-])C(=O)N1C. The molecule has 0 aliphatic carbocycles. The highest BCUT2D eigenvalue weighted by Crippen LogP contribution is 2.12. The first-order valence-corrected chi connectivity index (χ1v) is 5.19. The lowest BCUT2D eigenvalue weighted by Crippen LogP contribution is -2.43. The minimum absolute atomic E-state index is 0.200. The number of guanidine groups is 1. The molecule has 1 aliphatic heterocycles. The molecule has 7 nitrogen and oxygen atoms in total. The van der Waals surface area contributed by atoms with E-state index < -0.39 is 6.04 Å². The number of amides is 1. The van der Waals surface area contributed by atoms with Crippen molar-refractivity contribution >= 4 is 11.9 Å². The van der Waals surface area contributed by atoms with E-state index in [1.165, 1.54) is 4.90 Å². The molecule has 0 radical (unpaired) electrons. The summed E-state index contributed by atoms with van der Waals surface area (Å²) >= 11 is 0. The van der Waals surface area contributed by atoms with E-state index in [9.17, 15) is 4.79 Å². The van der Waals surface area contributed by atoms with E-state index in [2.05, 4.69) is 15.0 Å². The van der Waals surface area contributed by atoms with Gasteiger partial charge in [0.2, 0.25) is 11.9 Å². The summed E-state index contributed by atoms with van der Waals surface area (Å²) in [6.45, 7) is 3.18. The van der Waals surface area contributed by atoms with Crippen LogP contribution in [0.5, 0.6) is 0 Å². The predicted octanol–water partition coefficient (Wildman–Crippen LogP) is 0.835. The van der Waals surface area contributed by atoms with Crippen LogP contribution in [0.4, 0.5) is 0 Å². The molecular formula is C9H16N6O. The zero-order valence-corrected chi connectivity index (χ0v) is 9.79. The normalized spacial score (nSPS) is 24.3. The van der Waals surface area contributed by atoms with Crippen molar-refractivity contribution in [3.8, 4) is 0 Å². The average Bonchev–Trinajstić information content (AvgIpc) is 2.36. The fourth-order valence-electron chi connectivity index (χ4n) is 1.66. The molecule has 1 rings (SSSR count). The van der Waals surface area contributed by atoms with Crippen LogP contribution in [0.15, 0.2) is 10.1 Å². The molecule has 1 amide bonds. The molecule has 1 saturated heterocycles. The van der Waals surface area contributed by atoms with Gasteiger partial charge >= 0.3 is 0 Å². The van der Waals surface area contributed by atoms with Crippen molar-refractivity contribution in [2.45, 2.75) is 19.4 Å². The van der Waals surface area contributed by atoms with Gasteiger partial charge in [-0.3, -0.25) is 14.7 Å². The zero-order valence-electron chi connectivity index (χ0n) is 9.79. The maximum atomic E-state index is 11.9. The van der Waals surface area contributed by atoms with E-state index in [4.69, 9.17) is 5.53 Å². The molecule has 1 aliphatic rings. The van der Waals surface area contributed by atoms with Crippen molar-refractivity contribution in [2.24, 2.45) is 10.1 Å². The highest BCUT2D eigenvalue weighted by molar-refractivity contribution is 5.99. The van der Waals surface area contributed by atoms with Gasteiger partial charge in [0.25, 0.3) is 0 Å². The Morgan fingerprint density at radius 2 is 2.25 bits per heavy atom. The molecule has 0 aromatic carbocycles. The second kappa shape index (κ2) is 5.37. The number of carbonyl (C=O) groups is 1. The second-order valence-electron chi connectivity index (χ2n) is 3.60. The molecule has 0 aromatic rings. The van der Waals surface area contributed by atoms with Crippen LogP contribution >= 0.6 is 0 Å². The van der Waals surface area contributed by atoms with Gasteiger partial charge in [-0.1, -0.05) is 5.11 Å². The highest BCUT2D eigenvalue weighted by Gasteiger charge is 2.29. The quantitative estimate of drug-likeness (QED) is 0.395. The molecule has 1 fully saturated rings. The lowest BCUT2D eigenvalue weighted by Gasteiger charge is -2.24. The van der Waals surface area contributed by atoms with Gasteiger partial charge in [-0.2, -0.15) is 0 Å². The van der Waals surface area contributed by atoms with Crippen LogP contribution in [0.2, 0.25) is 0 Å².